The quantitative estimate of drug-likeness (QED) is 0.722. The molecule has 0 fully saturated rings. The van der Waals surface area contributed by atoms with E-state index in [0.29, 0.717) is 13.1 Å². The minimum atomic E-state index is -0.550. The number of hydrogen-bond acceptors (Lipinski definition) is 5. The van der Waals surface area contributed by atoms with Gasteiger partial charge < -0.3 is 9.84 Å². The molecule has 1 rings (SSSR count). The highest BCUT2D eigenvalue weighted by Crippen LogP contribution is 2.09. The number of carbonyl (C=O) groups excluding carboxylic acids is 1. The number of methoxy groups -OCH3 is 1. The molecule has 0 bridgehead atoms. The number of ketones is 1. The van der Waals surface area contributed by atoms with Crippen molar-refractivity contribution >= 4 is 17.1 Å². The molecule has 5 heteroatoms. The van der Waals surface area contributed by atoms with Crippen molar-refractivity contribution in [3.8, 4) is 0 Å². The summed E-state index contributed by atoms with van der Waals surface area (Å²) in [4.78, 5) is 14.3. The first kappa shape index (κ1) is 13.3. The number of thiophene rings is 1. The summed E-state index contributed by atoms with van der Waals surface area (Å²) in [6.45, 7) is 1.05. The van der Waals surface area contributed by atoms with E-state index in [4.69, 9.17) is 4.74 Å². The van der Waals surface area contributed by atoms with Crippen LogP contribution in [-0.2, 0) is 4.74 Å². The molecule has 1 heterocycles. The second-order valence-corrected chi connectivity index (χ2v) is 4.65. The van der Waals surface area contributed by atoms with E-state index in [1.807, 2.05) is 24.6 Å². The minimum Gasteiger partial charge on any atom is -0.389 e. The van der Waals surface area contributed by atoms with E-state index >= 15 is 0 Å². The Morgan fingerprint density at radius 3 is 3.00 bits per heavy atom. The van der Waals surface area contributed by atoms with E-state index in [2.05, 4.69) is 0 Å². The fourth-order valence-corrected chi connectivity index (χ4v) is 2.09. The van der Waals surface area contributed by atoms with Crippen LogP contribution >= 0.6 is 11.3 Å². The average Bonchev–Trinajstić information content (AvgIpc) is 2.69. The maximum absolute atomic E-state index is 11.7. The van der Waals surface area contributed by atoms with Gasteiger partial charge in [0.1, 0.15) is 0 Å². The summed E-state index contributed by atoms with van der Waals surface area (Å²) in [7, 11) is 3.35. The molecule has 90 valence electrons. The lowest BCUT2D eigenvalue weighted by atomic mass is 10.3. The number of ether oxygens (including phenoxy) is 1. The lowest BCUT2D eigenvalue weighted by Gasteiger charge is -2.18. The molecule has 0 saturated heterocycles. The third kappa shape index (κ3) is 4.40. The van der Waals surface area contributed by atoms with Gasteiger partial charge in [0.05, 0.1) is 24.1 Å². The fourth-order valence-electron chi connectivity index (χ4n) is 1.43. The first-order valence-corrected chi connectivity index (χ1v) is 5.93. The van der Waals surface area contributed by atoms with E-state index in [-0.39, 0.29) is 12.4 Å². The number of hydrogen-bond donors (Lipinski definition) is 1. The van der Waals surface area contributed by atoms with E-state index in [0.717, 1.165) is 4.88 Å². The predicted octanol–water partition coefficient (Wildman–Crippen LogP) is 0.870. The summed E-state index contributed by atoms with van der Waals surface area (Å²) in [5, 5.41) is 11.4. The van der Waals surface area contributed by atoms with E-state index < -0.39 is 6.10 Å². The molecule has 1 aromatic heterocycles. The monoisotopic (exact) mass is 243 g/mol. The van der Waals surface area contributed by atoms with Gasteiger partial charge in [-0.3, -0.25) is 9.69 Å². The van der Waals surface area contributed by atoms with Gasteiger partial charge in [-0.15, -0.1) is 11.3 Å². The largest absolute Gasteiger partial charge is 0.389 e. The van der Waals surface area contributed by atoms with Gasteiger partial charge in [-0.25, -0.2) is 0 Å². The van der Waals surface area contributed by atoms with Crippen LogP contribution in [0, 0.1) is 0 Å². The Balaban J connectivity index is 2.34. The Morgan fingerprint density at radius 1 is 1.69 bits per heavy atom. The Morgan fingerprint density at radius 2 is 2.44 bits per heavy atom. The van der Waals surface area contributed by atoms with E-state index in [9.17, 15) is 9.90 Å². The Bertz CT molecular complexity index is 313. The van der Waals surface area contributed by atoms with Gasteiger partial charge in [0.25, 0.3) is 0 Å². The number of nitrogens with zero attached hydrogens (tertiary/aromatic N) is 1. The topological polar surface area (TPSA) is 49.8 Å². The van der Waals surface area contributed by atoms with Crippen LogP contribution in [0.2, 0.25) is 0 Å². The number of Topliss-reactive ketones (excluding diaryl/α,β-unsaturated/α-hetero) is 1. The van der Waals surface area contributed by atoms with Crippen molar-refractivity contribution in [3.63, 3.8) is 0 Å². The predicted molar refractivity (Wildman–Crippen MR) is 64.0 cm³/mol. The molecule has 0 aliphatic carbocycles. The summed E-state index contributed by atoms with van der Waals surface area (Å²) in [6, 6.07) is 3.67. The fraction of sp³-hybridized carbons (Fsp3) is 0.545. The molecule has 0 spiro atoms. The molecule has 1 atom stereocenters. The normalized spacial score (nSPS) is 13.0. The van der Waals surface area contributed by atoms with Crippen LogP contribution in [0.5, 0.6) is 0 Å². The highest BCUT2D eigenvalue weighted by Gasteiger charge is 2.13. The molecule has 0 amide bonds. The average molecular weight is 243 g/mol. The maximum Gasteiger partial charge on any atom is 0.186 e. The zero-order valence-corrected chi connectivity index (χ0v) is 10.4. The van der Waals surface area contributed by atoms with Crippen LogP contribution in [0.15, 0.2) is 17.5 Å². The van der Waals surface area contributed by atoms with Crippen molar-refractivity contribution in [2.75, 3.05) is 33.9 Å². The molecule has 0 radical (unpaired) electrons. The van der Waals surface area contributed by atoms with Crippen molar-refractivity contribution in [2.24, 2.45) is 0 Å². The van der Waals surface area contributed by atoms with Crippen LogP contribution in [0.3, 0.4) is 0 Å². The molecule has 16 heavy (non-hydrogen) atoms. The number of rotatable bonds is 7. The molecule has 1 N–H and O–H groups in total. The molecule has 1 aromatic rings. The summed E-state index contributed by atoms with van der Waals surface area (Å²) in [5.41, 5.74) is 0. The van der Waals surface area contributed by atoms with Gasteiger partial charge in [-0.2, -0.15) is 0 Å². The maximum atomic E-state index is 11.7. The van der Waals surface area contributed by atoms with Crippen LogP contribution < -0.4 is 0 Å². The Kier molecular flexibility index (Phi) is 5.62. The van der Waals surface area contributed by atoms with Gasteiger partial charge >= 0.3 is 0 Å². The van der Waals surface area contributed by atoms with Gasteiger partial charge in [-0.1, -0.05) is 6.07 Å². The third-order valence-electron chi connectivity index (χ3n) is 2.09. The van der Waals surface area contributed by atoms with Crippen LogP contribution in [0.4, 0.5) is 0 Å². The lowest BCUT2D eigenvalue weighted by Crippen LogP contribution is -2.35. The SMILES string of the molecule is COCC(O)CN(C)CC(=O)c1cccs1. The number of carbonyl (C=O) groups is 1. The van der Waals surface area contributed by atoms with Crippen molar-refractivity contribution in [1.82, 2.24) is 4.90 Å². The van der Waals surface area contributed by atoms with Crippen LogP contribution in [0.25, 0.3) is 0 Å². The molecular formula is C11H17NO3S. The first-order chi connectivity index (χ1) is 7.63. The number of aliphatic hydroxyl groups excluding tert-OH is 1. The zero-order valence-electron chi connectivity index (χ0n) is 9.55. The van der Waals surface area contributed by atoms with Gasteiger partial charge in [0.15, 0.2) is 5.78 Å². The van der Waals surface area contributed by atoms with Crippen molar-refractivity contribution in [1.29, 1.82) is 0 Å². The minimum absolute atomic E-state index is 0.0853. The van der Waals surface area contributed by atoms with Crippen LogP contribution in [-0.4, -0.2) is 55.7 Å². The van der Waals surface area contributed by atoms with Crippen LogP contribution in [0.1, 0.15) is 9.67 Å². The standard InChI is InChI=1S/C11H17NO3S/c1-12(6-9(13)8-15-2)7-10(14)11-4-3-5-16-11/h3-5,9,13H,6-8H2,1-2H3. The number of aliphatic hydroxyl groups is 1. The van der Waals surface area contributed by atoms with Crippen molar-refractivity contribution in [3.05, 3.63) is 22.4 Å². The zero-order chi connectivity index (χ0) is 12.0. The highest BCUT2D eigenvalue weighted by molar-refractivity contribution is 7.12. The van der Waals surface area contributed by atoms with E-state index in [1.54, 1.807) is 12.0 Å². The lowest BCUT2D eigenvalue weighted by molar-refractivity contribution is 0.0428. The molecular weight excluding hydrogens is 226 g/mol. The van der Waals surface area contributed by atoms with Gasteiger partial charge in [0.2, 0.25) is 0 Å². The highest BCUT2D eigenvalue weighted by atomic mass is 32.1. The third-order valence-corrected chi connectivity index (χ3v) is 3.00. The molecule has 0 aliphatic rings. The summed E-state index contributed by atoms with van der Waals surface area (Å²) < 4.78 is 4.82. The molecule has 1 unspecified atom stereocenters. The van der Waals surface area contributed by atoms with E-state index in [1.165, 1.54) is 11.3 Å². The van der Waals surface area contributed by atoms with Crippen molar-refractivity contribution < 1.29 is 14.6 Å². The summed E-state index contributed by atoms with van der Waals surface area (Å²) in [6.07, 6.45) is -0.550. The molecule has 4 nitrogen and oxygen atoms in total. The smallest absolute Gasteiger partial charge is 0.186 e. The number of likely N-dealkylation sites (N-methyl/N-ethyl adjacent to an activating group) is 1. The first-order valence-electron chi connectivity index (χ1n) is 5.05. The molecule has 0 aromatic carbocycles. The Hall–Kier alpha value is -0.750. The summed E-state index contributed by atoms with van der Waals surface area (Å²) in [5.74, 6) is 0.0853. The van der Waals surface area contributed by atoms with Gasteiger partial charge in [0, 0.05) is 13.7 Å². The Labute approximate surface area is 99.5 Å². The second-order valence-electron chi connectivity index (χ2n) is 3.71. The second kappa shape index (κ2) is 6.75. The molecule has 0 aliphatic heterocycles. The summed E-state index contributed by atoms with van der Waals surface area (Å²) >= 11 is 1.44. The molecule has 0 saturated carbocycles. The van der Waals surface area contributed by atoms with Gasteiger partial charge in [-0.05, 0) is 18.5 Å². The van der Waals surface area contributed by atoms with Crippen molar-refractivity contribution in [2.45, 2.75) is 6.10 Å².